The van der Waals surface area contributed by atoms with Gasteiger partial charge in [-0.25, -0.2) is 12.8 Å². The molecule has 0 heterocycles. The van der Waals surface area contributed by atoms with E-state index in [4.69, 9.17) is 6.42 Å². The fraction of sp³-hybridized carbons (Fsp3) is 0.182. The third kappa shape index (κ3) is 3.48. The van der Waals surface area contributed by atoms with E-state index in [0.29, 0.717) is 0 Å². The van der Waals surface area contributed by atoms with Gasteiger partial charge in [-0.2, -0.15) is 0 Å². The van der Waals surface area contributed by atoms with Crippen LogP contribution in [0.15, 0.2) is 24.3 Å². The van der Waals surface area contributed by atoms with E-state index in [0.717, 1.165) is 12.1 Å². The summed E-state index contributed by atoms with van der Waals surface area (Å²) in [6.07, 6.45) is 4.86. The third-order valence-electron chi connectivity index (χ3n) is 1.82. The van der Waals surface area contributed by atoms with Crippen LogP contribution in [0.25, 0.3) is 0 Å². The SMILES string of the molecule is C#CCS(=O)(=O)CC(=O)c1ccc(F)cc1. The molecule has 0 saturated carbocycles. The fourth-order valence-corrected chi connectivity index (χ4v) is 2.02. The van der Waals surface area contributed by atoms with Gasteiger partial charge in [-0.3, -0.25) is 4.79 Å². The number of carbonyl (C=O) groups excluding carboxylic acids is 1. The summed E-state index contributed by atoms with van der Waals surface area (Å²) in [5, 5.41) is 0. The molecule has 0 aliphatic heterocycles. The van der Waals surface area contributed by atoms with E-state index in [2.05, 4.69) is 0 Å². The van der Waals surface area contributed by atoms with E-state index >= 15 is 0 Å². The Morgan fingerprint density at radius 1 is 1.31 bits per heavy atom. The first-order chi connectivity index (χ1) is 7.44. The molecular weight excluding hydrogens is 231 g/mol. The molecule has 0 aliphatic rings. The zero-order valence-electron chi connectivity index (χ0n) is 8.31. The maximum absolute atomic E-state index is 12.6. The van der Waals surface area contributed by atoms with Crippen LogP contribution in [-0.4, -0.2) is 25.7 Å². The van der Waals surface area contributed by atoms with E-state index in [-0.39, 0.29) is 5.56 Å². The Morgan fingerprint density at radius 2 is 1.88 bits per heavy atom. The summed E-state index contributed by atoms with van der Waals surface area (Å²) in [5.41, 5.74) is 0.155. The molecule has 0 spiro atoms. The van der Waals surface area contributed by atoms with Crippen molar-refractivity contribution in [3.63, 3.8) is 0 Å². The lowest BCUT2D eigenvalue weighted by Gasteiger charge is -2.00. The van der Waals surface area contributed by atoms with Gasteiger partial charge in [0.25, 0.3) is 0 Å². The van der Waals surface area contributed by atoms with Crippen LogP contribution in [0.4, 0.5) is 4.39 Å². The summed E-state index contributed by atoms with van der Waals surface area (Å²) in [6.45, 7) is 0. The molecule has 0 radical (unpaired) electrons. The third-order valence-corrected chi connectivity index (χ3v) is 3.13. The highest BCUT2D eigenvalue weighted by atomic mass is 32.2. The van der Waals surface area contributed by atoms with Crippen LogP contribution in [-0.2, 0) is 9.84 Å². The molecule has 1 aromatic rings. The minimum absolute atomic E-state index is 0.155. The molecule has 0 unspecified atom stereocenters. The van der Waals surface area contributed by atoms with Crippen LogP contribution in [0, 0.1) is 18.2 Å². The fourth-order valence-electron chi connectivity index (χ4n) is 1.10. The van der Waals surface area contributed by atoms with Crippen molar-refractivity contribution in [1.29, 1.82) is 0 Å². The summed E-state index contributed by atoms with van der Waals surface area (Å²) in [4.78, 5) is 11.5. The standard InChI is InChI=1S/C11H9FO3S/c1-2-7-16(14,15)8-11(13)9-3-5-10(12)6-4-9/h1,3-6H,7-8H2. The molecule has 0 N–H and O–H groups in total. The molecule has 0 amide bonds. The number of carbonyl (C=O) groups is 1. The Bertz CT molecular complexity index is 523. The van der Waals surface area contributed by atoms with Crippen molar-refractivity contribution in [2.45, 2.75) is 0 Å². The first-order valence-electron chi connectivity index (χ1n) is 4.37. The number of ketones is 1. The summed E-state index contributed by atoms with van der Waals surface area (Å²) in [5.74, 6) is -0.220. The van der Waals surface area contributed by atoms with Gasteiger partial charge in [0.2, 0.25) is 0 Å². The quantitative estimate of drug-likeness (QED) is 0.584. The number of Topliss-reactive ketones (excluding diaryl/α,β-unsaturated/α-hetero) is 1. The van der Waals surface area contributed by atoms with Crippen molar-refractivity contribution in [3.8, 4) is 12.3 Å². The average molecular weight is 240 g/mol. The van der Waals surface area contributed by atoms with Crippen molar-refractivity contribution in [2.24, 2.45) is 0 Å². The van der Waals surface area contributed by atoms with Crippen molar-refractivity contribution in [3.05, 3.63) is 35.6 Å². The second-order valence-corrected chi connectivity index (χ2v) is 5.23. The minimum atomic E-state index is -3.57. The smallest absolute Gasteiger partial charge is 0.177 e. The first kappa shape index (κ1) is 12.4. The van der Waals surface area contributed by atoms with Crippen LogP contribution in [0.3, 0.4) is 0 Å². The topological polar surface area (TPSA) is 51.2 Å². The van der Waals surface area contributed by atoms with E-state index in [1.165, 1.54) is 12.1 Å². The van der Waals surface area contributed by atoms with E-state index in [1.807, 2.05) is 5.92 Å². The highest BCUT2D eigenvalue weighted by Gasteiger charge is 2.16. The van der Waals surface area contributed by atoms with Gasteiger partial charge in [-0.1, -0.05) is 5.92 Å². The van der Waals surface area contributed by atoms with Crippen LogP contribution in [0.1, 0.15) is 10.4 Å². The predicted molar refractivity (Wildman–Crippen MR) is 58.2 cm³/mol. The lowest BCUT2D eigenvalue weighted by Crippen LogP contribution is -2.18. The molecule has 1 aromatic carbocycles. The van der Waals surface area contributed by atoms with Crippen LogP contribution >= 0.6 is 0 Å². The van der Waals surface area contributed by atoms with Gasteiger partial charge in [0.05, 0.1) is 0 Å². The van der Waals surface area contributed by atoms with Crippen molar-refractivity contribution in [2.75, 3.05) is 11.5 Å². The number of halogens is 1. The van der Waals surface area contributed by atoms with Gasteiger partial charge in [-0.15, -0.1) is 6.42 Å². The molecule has 3 nitrogen and oxygen atoms in total. The predicted octanol–water partition coefficient (Wildman–Crippen LogP) is 1.06. The Balaban J connectivity index is 2.82. The zero-order chi connectivity index (χ0) is 12.2. The van der Waals surface area contributed by atoms with Crippen LogP contribution < -0.4 is 0 Å². The summed E-state index contributed by atoms with van der Waals surface area (Å²) < 4.78 is 35.0. The van der Waals surface area contributed by atoms with E-state index in [1.54, 1.807) is 0 Å². The molecule has 0 aliphatic carbocycles. The highest BCUT2D eigenvalue weighted by molar-refractivity contribution is 7.92. The number of benzene rings is 1. The molecule has 0 atom stereocenters. The lowest BCUT2D eigenvalue weighted by molar-refractivity contribution is 0.102. The van der Waals surface area contributed by atoms with Gasteiger partial charge in [0.1, 0.15) is 17.3 Å². The maximum atomic E-state index is 12.6. The molecule has 0 bridgehead atoms. The molecule has 0 aromatic heterocycles. The molecule has 0 fully saturated rings. The van der Waals surface area contributed by atoms with Crippen LogP contribution in [0.2, 0.25) is 0 Å². The monoisotopic (exact) mass is 240 g/mol. The van der Waals surface area contributed by atoms with E-state index in [9.17, 15) is 17.6 Å². The molecule has 1 rings (SSSR count). The number of hydrogen-bond acceptors (Lipinski definition) is 3. The highest BCUT2D eigenvalue weighted by Crippen LogP contribution is 2.05. The first-order valence-corrected chi connectivity index (χ1v) is 6.19. The van der Waals surface area contributed by atoms with Crippen molar-refractivity contribution >= 4 is 15.6 Å². The normalized spacial score (nSPS) is 10.8. The second-order valence-electron chi connectivity index (χ2n) is 3.17. The molecular formula is C11H9FO3S. The molecule has 5 heteroatoms. The molecule has 16 heavy (non-hydrogen) atoms. The summed E-state index contributed by atoms with van der Waals surface area (Å²) >= 11 is 0. The van der Waals surface area contributed by atoms with Crippen molar-refractivity contribution in [1.82, 2.24) is 0 Å². The Labute approximate surface area is 93.2 Å². The average Bonchev–Trinajstić information content (AvgIpc) is 2.17. The van der Waals surface area contributed by atoms with Gasteiger partial charge >= 0.3 is 0 Å². The maximum Gasteiger partial charge on any atom is 0.177 e. The molecule has 0 saturated heterocycles. The minimum Gasteiger partial charge on any atom is -0.293 e. The number of sulfone groups is 1. The number of terminal acetylenes is 1. The van der Waals surface area contributed by atoms with Crippen molar-refractivity contribution < 1.29 is 17.6 Å². The number of hydrogen-bond donors (Lipinski definition) is 0. The Morgan fingerprint density at radius 3 is 2.38 bits per heavy atom. The Kier molecular flexibility index (Phi) is 3.80. The largest absolute Gasteiger partial charge is 0.293 e. The number of rotatable bonds is 4. The lowest BCUT2D eigenvalue weighted by atomic mass is 10.1. The summed E-state index contributed by atoms with van der Waals surface area (Å²) in [6, 6.07) is 4.67. The Hall–Kier alpha value is -1.67. The zero-order valence-corrected chi connectivity index (χ0v) is 9.13. The van der Waals surface area contributed by atoms with Gasteiger partial charge in [0.15, 0.2) is 15.6 Å². The summed E-state index contributed by atoms with van der Waals surface area (Å²) in [7, 11) is -3.57. The van der Waals surface area contributed by atoms with Gasteiger partial charge < -0.3 is 0 Å². The van der Waals surface area contributed by atoms with Crippen LogP contribution in [0.5, 0.6) is 0 Å². The van der Waals surface area contributed by atoms with E-state index < -0.39 is 32.9 Å². The molecule has 84 valence electrons. The van der Waals surface area contributed by atoms with Gasteiger partial charge in [0, 0.05) is 5.56 Å². The van der Waals surface area contributed by atoms with Gasteiger partial charge in [-0.05, 0) is 24.3 Å². The second kappa shape index (κ2) is 4.90.